The molecule has 27 heteroatoms. The Kier molecular flexibility index (Phi) is 16.6. The molecule has 64 heavy (non-hydrogen) atoms. The Hall–Kier alpha value is -6.52. The van der Waals surface area contributed by atoms with Gasteiger partial charge in [0.2, 0.25) is 5.95 Å². The van der Waals surface area contributed by atoms with Gasteiger partial charge < -0.3 is 24.4 Å². The van der Waals surface area contributed by atoms with Crippen LogP contribution >= 0.6 is 7.60 Å². The maximum Gasteiger partial charge on any atom is 0.389 e. The molecular weight excluding hydrogens is 903 g/mol. The van der Waals surface area contributed by atoms with Crippen LogP contribution in [0.3, 0.4) is 0 Å². The van der Waals surface area contributed by atoms with Gasteiger partial charge in [-0.15, -0.1) is 6.42 Å². The highest BCUT2D eigenvalue weighted by molar-refractivity contribution is 7.90. The zero-order valence-corrected chi connectivity index (χ0v) is 35.4. The maximum atomic E-state index is 14.7. The summed E-state index contributed by atoms with van der Waals surface area (Å²) in [5, 5.41) is 12.2. The molecule has 0 fully saturated rings. The second-order valence-electron chi connectivity index (χ2n) is 13.5. The van der Waals surface area contributed by atoms with Crippen LogP contribution in [0.2, 0.25) is 0 Å². The fourth-order valence-electron chi connectivity index (χ4n) is 6.07. The van der Waals surface area contributed by atoms with Crippen molar-refractivity contribution >= 4 is 64.7 Å². The molecule has 5 amide bonds. The standard InChI is InChI=1S/C19H15FN2O4.C15H16F3N5O4S.C3H8NO5P/c1-2-7-21-15-9-14(13(20)8-16(15)26-10-17(21)23)22-18(24)11-5-3-4-6-12(11)19(22)25;1-9-19-12(22-14(20-9)27-2)21-13(24)23-28(25,26)11-6-4-3-5-10(11)7-8-15(16,17)18;5-3(6)1-4-2-10(7,8)9/h1,8-9H,3-7,10H2;3-6H,7-8H2,1-2H3,(H2,19,20,21,22,23,24);4H,1-2H2,(H,5,6)(H2,7,8,9). The Balaban J connectivity index is 0.000000233. The maximum absolute atomic E-state index is 14.7. The number of rotatable bonds is 12. The van der Waals surface area contributed by atoms with Crippen LogP contribution < -0.4 is 34.6 Å². The number of carbonyl (C=O) groups excluding carboxylic acids is 4. The third-order valence-electron chi connectivity index (χ3n) is 8.75. The van der Waals surface area contributed by atoms with Crippen LogP contribution in [-0.4, -0.2) is 107 Å². The summed E-state index contributed by atoms with van der Waals surface area (Å²) >= 11 is 0. The van der Waals surface area contributed by atoms with E-state index in [1.165, 1.54) is 43.2 Å². The zero-order valence-electron chi connectivity index (χ0n) is 33.6. The van der Waals surface area contributed by atoms with Crippen LogP contribution in [-0.2, 0) is 40.2 Å². The summed E-state index contributed by atoms with van der Waals surface area (Å²) in [6, 6.07) is 6.18. The number of hydrogen-bond acceptors (Lipinski definition) is 14. The summed E-state index contributed by atoms with van der Waals surface area (Å²) < 4.78 is 98.8. The predicted octanol–water partition coefficient (Wildman–Crippen LogP) is 2.92. The van der Waals surface area contributed by atoms with E-state index < -0.39 is 84.0 Å². The van der Waals surface area contributed by atoms with Crippen LogP contribution in [0.5, 0.6) is 11.8 Å². The number of alkyl halides is 3. The number of amides is 5. The lowest BCUT2D eigenvalue weighted by Crippen LogP contribution is -2.39. The number of carboxylic acids is 1. The van der Waals surface area contributed by atoms with Crippen molar-refractivity contribution in [3.63, 3.8) is 0 Å². The molecule has 0 atom stereocenters. The van der Waals surface area contributed by atoms with E-state index in [9.17, 15) is 54.5 Å². The molecule has 3 aliphatic rings. The normalized spacial score (nSPS) is 14.8. The van der Waals surface area contributed by atoms with Gasteiger partial charge in [0.15, 0.2) is 12.4 Å². The van der Waals surface area contributed by atoms with Gasteiger partial charge in [-0.3, -0.25) is 39.3 Å². The number of terminal acetylenes is 1. The molecule has 6 N–H and O–H groups in total. The Morgan fingerprint density at radius 2 is 1.67 bits per heavy atom. The van der Waals surface area contributed by atoms with Gasteiger partial charge in [-0.05, 0) is 56.7 Å². The van der Waals surface area contributed by atoms with Crippen molar-refractivity contribution in [3.8, 4) is 24.1 Å². The summed E-state index contributed by atoms with van der Waals surface area (Å²) in [6.45, 7) is 0.799. The number of aromatic nitrogens is 3. The van der Waals surface area contributed by atoms with Crippen molar-refractivity contribution in [1.29, 1.82) is 0 Å². The van der Waals surface area contributed by atoms with E-state index >= 15 is 0 Å². The zero-order chi connectivity index (χ0) is 47.6. The molecule has 2 aliphatic heterocycles. The Labute approximate surface area is 361 Å². The monoisotopic (exact) mass is 942 g/mol. The summed E-state index contributed by atoms with van der Waals surface area (Å²) in [4.78, 5) is 88.6. The first-order valence-corrected chi connectivity index (χ1v) is 21.8. The average Bonchev–Trinajstić information content (AvgIpc) is 3.45. The topological polar surface area (TPSA) is 297 Å². The largest absolute Gasteiger partial charge is 0.481 e. The number of sulfonamides is 1. The van der Waals surface area contributed by atoms with Crippen LogP contribution in [0.1, 0.15) is 43.5 Å². The van der Waals surface area contributed by atoms with E-state index in [-0.39, 0.29) is 59.5 Å². The number of nitrogens with zero attached hydrogens (tertiary/aromatic N) is 5. The lowest BCUT2D eigenvalue weighted by molar-refractivity contribution is -0.136. The minimum atomic E-state index is -4.45. The van der Waals surface area contributed by atoms with Gasteiger partial charge in [0.1, 0.15) is 11.6 Å². The summed E-state index contributed by atoms with van der Waals surface area (Å²) in [6.07, 6.45) is 1.22. The molecule has 344 valence electrons. The van der Waals surface area contributed by atoms with Crippen LogP contribution in [0.25, 0.3) is 0 Å². The number of aryl methyl sites for hydroxylation is 2. The van der Waals surface area contributed by atoms with E-state index in [1.807, 2.05) is 0 Å². The van der Waals surface area contributed by atoms with Crippen molar-refractivity contribution in [2.24, 2.45) is 0 Å². The fraction of sp³-hybridized carbons (Fsp3) is 0.351. The van der Waals surface area contributed by atoms with Crippen molar-refractivity contribution in [1.82, 2.24) is 25.0 Å². The van der Waals surface area contributed by atoms with E-state index in [4.69, 9.17) is 30.8 Å². The number of carbonyl (C=O) groups is 5. The number of nitrogens with one attached hydrogen (secondary N) is 3. The molecule has 0 saturated carbocycles. The number of benzene rings is 2. The van der Waals surface area contributed by atoms with E-state index in [1.54, 1.807) is 4.72 Å². The number of imide groups is 1. The second kappa shape index (κ2) is 21.2. The molecule has 1 aromatic heterocycles. The number of urea groups is 1. The number of fused-ring (bicyclic) bond motifs is 1. The van der Waals surface area contributed by atoms with Gasteiger partial charge >= 0.3 is 31.8 Å². The first kappa shape index (κ1) is 50.1. The first-order valence-electron chi connectivity index (χ1n) is 18.5. The number of aliphatic carboxylic acids is 1. The van der Waals surface area contributed by atoms with E-state index in [2.05, 4.69) is 31.5 Å². The highest BCUT2D eigenvalue weighted by atomic mass is 32.2. The number of anilines is 3. The smallest absolute Gasteiger partial charge is 0.389 e. The molecular formula is C37H39F4N8O13PS. The van der Waals surface area contributed by atoms with Gasteiger partial charge in [-0.25, -0.2) is 27.2 Å². The number of halogens is 4. The van der Waals surface area contributed by atoms with Crippen molar-refractivity contribution in [3.05, 3.63) is 64.7 Å². The van der Waals surface area contributed by atoms with Gasteiger partial charge in [-0.1, -0.05) is 24.1 Å². The molecule has 0 radical (unpaired) electrons. The van der Waals surface area contributed by atoms with Gasteiger partial charge in [0.05, 0.1) is 42.8 Å². The minimum absolute atomic E-state index is 0.0170. The highest BCUT2D eigenvalue weighted by Gasteiger charge is 2.42. The van der Waals surface area contributed by atoms with Crippen molar-refractivity contribution in [2.45, 2.75) is 56.5 Å². The van der Waals surface area contributed by atoms with Crippen molar-refractivity contribution in [2.75, 3.05) is 48.2 Å². The molecule has 21 nitrogen and oxygen atoms in total. The molecule has 0 unspecified atom stereocenters. The lowest BCUT2D eigenvalue weighted by Gasteiger charge is -2.29. The summed E-state index contributed by atoms with van der Waals surface area (Å²) in [5.74, 6) is -0.790. The first-order chi connectivity index (χ1) is 29.9. The second-order valence-corrected chi connectivity index (χ2v) is 16.8. The SMILES string of the molecule is C#CCN1C(=O)COc2cc(F)c(N3C(=O)C4=C(CCCC4)C3=O)cc21.COc1nc(C)nc(NC(=O)NS(=O)(=O)c2ccccc2CCC(F)(F)F)n1.O=C(O)CNCP(=O)(O)O. The average molecular weight is 943 g/mol. The van der Waals surface area contributed by atoms with Crippen LogP contribution in [0, 0.1) is 25.1 Å². The Morgan fingerprint density at radius 1 is 1.03 bits per heavy atom. The van der Waals surface area contributed by atoms with Gasteiger partial charge in [-0.2, -0.15) is 28.1 Å². The number of ether oxygens (including phenoxy) is 2. The Morgan fingerprint density at radius 3 is 2.25 bits per heavy atom. The third-order valence-corrected chi connectivity index (χ3v) is 10.8. The molecule has 0 spiro atoms. The number of hydrogen-bond donors (Lipinski definition) is 6. The molecule has 0 bridgehead atoms. The molecule has 0 saturated heterocycles. The summed E-state index contributed by atoms with van der Waals surface area (Å²) in [5.41, 5.74) is 0.921. The Bertz CT molecular complexity index is 2520. The van der Waals surface area contributed by atoms with Crippen LogP contribution in [0.15, 0.2) is 52.4 Å². The van der Waals surface area contributed by atoms with E-state index in [0.29, 0.717) is 24.0 Å². The fourth-order valence-corrected chi connectivity index (χ4v) is 7.65. The molecule has 3 heterocycles. The van der Waals surface area contributed by atoms with Crippen LogP contribution in [0.4, 0.5) is 39.7 Å². The molecule has 3 aromatic rings. The minimum Gasteiger partial charge on any atom is -0.481 e. The predicted molar refractivity (Wildman–Crippen MR) is 215 cm³/mol. The van der Waals surface area contributed by atoms with Gasteiger partial charge in [0.25, 0.3) is 27.7 Å². The number of carboxylic acid groups (broad SMARTS) is 1. The third kappa shape index (κ3) is 13.7. The van der Waals surface area contributed by atoms with Crippen molar-refractivity contribution < 1.29 is 78.9 Å². The van der Waals surface area contributed by atoms with Gasteiger partial charge in [0, 0.05) is 23.6 Å². The summed E-state index contributed by atoms with van der Waals surface area (Å²) in [7, 11) is -7.24. The molecule has 1 aliphatic carbocycles. The lowest BCUT2D eigenvalue weighted by atomic mass is 9.93. The highest BCUT2D eigenvalue weighted by Crippen LogP contribution is 2.42. The molecule has 6 rings (SSSR count). The molecule has 2 aromatic carbocycles. The number of methoxy groups -OCH3 is 1. The van der Waals surface area contributed by atoms with E-state index in [0.717, 1.165) is 29.9 Å². The quantitative estimate of drug-likeness (QED) is 0.0658.